The lowest BCUT2D eigenvalue weighted by Crippen LogP contribution is -2.52. The Kier molecular flexibility index (Phi) is 4.21. The SMILES string of the molecule is CC1=CC(C)(NC(=O)Cc2ccccc2)C(C)C(C)=C1N. The van der Waals surface area contributed by atoms with Gasteiger partial charge in [0.05, 0.1) is 12.0 Å². The molecule has 1 aromatic rings. The van der Waals surface area contributed by atoms with Crippen LogP contribution in [0, 0.1) is 5.92 Å². The topological polar surface area (TPSA) is 55.1 Å². The van der Waals surface area contributed by atoms with Crippen molar-refractivity contribution in [1.29, 1.82) is 0 Å². The quantitative estimate of drug-likeness (QED) is 0.896. The summed E-state index contributed by atoms with van der Waals surface area (Å²) in [5.41, 5.74) is 9.74. The molecule has 112 valence electrons. The second-order valence-corrected chi connectivity index (χ2v) is 6.14. The van der Waals surface area contributed by atoms with Crippen molar-refractivity contribution in [3.05, 3.63) is 58.8 Å². The zero-order valence-corrected chi connectivity index (χ0v) is 13.2. The zero-order chi connectivity index (χ0) is 15.6. The van der Waals surface area contributed by atoms with E-state index in [4.69, 9.17) is 5.73 Å². The fraction of sp³-hybridized carbons (Fsp3) is 0.389. The van der Waals surface area contributed by atoms with Gasteiger partial charge >= 0.3 is 0 Å². The van der Waals surface area contributed by atoms with E-state index in [0.717, 1.165) is 22.4 Å². The standard InChI is InChI=1S/C18H24N2O/c1-12-11-18(4,14(3)13(2)17(12)19)20-16(21)10-15-8-6-5-7-9-15/h5-9,11,14H,10,19H2,1-4H3,(H,20,21). The van der Waals surface area contributed by atoms with Gasteiger partial charge in [0.25, 0.3) is 0 Å². The normalized spacial score (nSPS) is 25.5. The largest absolute Gasteiger partial charge is 0.399 e. The Morgan fingerprint density at radius 3 is 2.52 bits per heavy atom. The Balaban J connectivity index is 2.13. The smallest absolute Gasteiger partial charge is 0.225 e. The van der Waals surface area contributed by atoms with Gasteiger partial charge < -0.3 is 11.1 Å². The number of rotatable bonds is 3. The number of hydrogen-bond acceptors (Lipinski definition) is 2. The Labute approximate surface area is 126 Å². The Bertz CT molecular complexity index is 601. The first-order valence-electron chi connectivity index (χ1n) is 7.34. The molecule has 21 heavy (non-hydrogen) atoms. The minimum atomic E-state index is -0.386. The molecule has 0 aliphatic heterocycles. The van der Waals surface area contributed by atoms with E-state index in [9.17, 15) is 4.79 Å². The van der Waals surface area contributed by atoms with Crippen molar-refractivity contribution in [2.45, 2.75) is 39.7 Å². The highest BCUT2D eigenvalue weighted by atomic mass is 16.1. The maximum absolute atomic E-state index is 12.3. The number of carbonyl (C=O) groups is 1. The molecule has 3 heteroatoms. The van der Waals surface area contributed by atoms with Gasteiger partial charge in [-0.15, -0.1) is 0 Å². The lowest BCUT2D eigenvalue weighted by atomic mass is 9.75. The summed E-state index contributed by atoms with van der Waals surface area (Å²) < 4.78 is 0. The molecular weight excluding hydrogens is 260 g/mol. The number of allylic oxidation sites excluding steroid dienone is 1. The molecule has 0 saturated heterocycles. The number of hydrogen-bond donors (Lipinski definition) is 2. The van der Waals surface area contributed by atoms with Gasteiger partial charge in [0.15, 0.2) is 0 Å². The Morgan fingerprint density at radius 2 is 1.90 bits per heavy atom. The minimum absolute atomic E-state index is 0.0351. The number of amides is 1. The van der Waals surface area contributed by atoms with Crippen LogP contribution in [0.2, 0.25) is 0 Å². The van der Waals surface area contributed by atoms with Crippen molar-refractivity contribution in [2.75, 3.05) is 0 Å². The van der Waals surface area contributed by atoms with Gasteiger partial charge in [0.1, 0.15) is 0 Å². The highest BCUT2D eigenvalue weighted by Crippen LogP contribution is 2.34. The molecule has 1 amide bonds. The molecule has 0 fully saturated rings. The Hall–Kier alpha value is -2.03. The summed E-state index contributed by atoms with van der Waals surface area (Å²) in [5.74, 6) is 0.216. The molecule has 2 atom stereocenters. The molecule has 0 bridgehead atoms. The van der Waals surface area contributed by atoms with Crippen molar-refractivity contribution in [3.8, 4) is 0 Å². The van der Waals surface area contributed by atoms with Gasteiger partial charge in [0, 0.05) is 11.6 Å². The van der Waals surface area contributed by atoms with Crippen LogP contribution >= 0.6 is 0 Å². The van der Waals surface area contributed by atoms with E-state index in [1.165, 1.54) is 0 Å². The number of nitrogens with two attached hydrogens (primary N) is 1. The highest BCUT2D eigenvalue weighted by Gasteiger charge is 2.35. The summed E-state index contributed by atoms with van der Waals surface area (Å²) in [6, 6.07) is 9.79. The van der Waals surface area contributed by atoms with Gasteiger partial charge in [-0.2, -0.15) is 0 Å². The molecule has 3 N–H and O–H groups in total. The van der Waals surface area contributed by atoms with Gasteiger partial charge in [0.2, 0.25) is 5.91 Å². The summed E-state index contributed by atoms with van der Waals surface area (Å²) in [5, 5.41) is 3.17. The molecule has 0 saturated carbocycles. The predicted octanol–water partition coefficient (Wildman–Crippen LogP) is 2.93. The van der Waals surface area contributed by atoms with Crippen LogP contribution in [-0.2, 0) is 11.2 Å². The van der Waals surface area contributed by atoms with E-state index in [2.05, 4.69) is 25.2 Å². The molecule has 0 spiro atoms. The van der Waals surface area contributed by atoms with Crippen molar-refractivity contribution in [3.63, 3.8) is 0 Å². The molecule has 1 aromatic carbocycles. The molecule has 1 aliphatic carbocycles. The van der Waals surface area contributed by atoms with Gasteiger partial charge in [-0.05, 0) is 37.5 Å². The van der Waals surface area contributed by atoms with Gasteiger partial charge in [-0.3, -0.25) is 4.79 Å². The van der Waals surface area contributed by atoms with Crippen LogP contribution in [0.3, 0.4) is 0 Å². The molecule has 3 nitrogen and oxygen atoms in total. The number of nitrogens with one attached hydrogen (secondary N) is 1. The van der Waals surface area contributed by atoms with Crippen molar-refractivity contribution < 1.29 is 4.79 Å². The lowest BCUT2D eigenvalue weighted by Gasteiger charge is -2.39. The number of benzene rings is 1. The summed E-state index contributed by atoms with van der Waals surface area (Å²) in [7, 11) is 0. The summed E-state index contributed by atoms with van der Waals surface area (Å²) in [4.78, 5) is 12.3. The fourth-order valence-electron chi connectivity index (χ4n) is 2.92. The van der Waals surface area contributed by atoms with Gasteiger partial charge in [-0.1, -0.05) is 43.3 Å². The molecule has 2 unspecified atom stereocenters. The van der Waals surface area contributed by atoms with Crippen LogP contribution in [0.5, 0.6) is 0 Å². The fourth-order valence-corrected chi connectivity index (χ4v) is 2.92. The van der Waals surface area contributed by atoms with E-state index in [1.807, 2.05) is 44.2 Å². The first-order chi connectivity index (χ1) is 9.83. The third-order valence-corrected chi connectivity index (χ3v) is 4.53. The molecule has 1 aliphatic rings. The average Bonchev–Trinajstić information content (AvgIpc) is 2.44. The van der Waals surface area contributed by atoms with E-state index < -0.39 is 0 Å². The van der Waals surface area contributed by atoms with Crippen LogP contribution in [-0.4, -0.2) is 11.4 Å². The summed E-state index contributed by atoms with van der Waals surface area (Å²) >= 11 is 0. The van der Waals surface area contributed by atoms with Crippen LogP contribution in [0.4, 0.5) is 0 Å². The maximum Gasteiger partial charge on any atom is 0.225 e. The first-order valence-corrected chi connectivity index (χ1v) is 7.34. The lowest BCUT2D eigenvalue weighted by molar-refractivity contribution is -0.122. The first kappa shape index (κ1) is 15.4. The molecule has 0 aromatic heterocycles. The van der Waals surface area contributed by atoms with Crippen molar-refractivity contribution in [2.24, 2.45) is 11.7 Å². The third kappa shape index (κ3) is 3.18. The molecule has 0 heterocycles. The van der Waals surface area contributed by atoms with E-state index in [1.54, 1.807) is 0 Å². The van der Waals surface area contributed by atoms with E-state index >= 15 is 0 Å². The summed E-state index contributed by atoms with van der Waals surface area (Å²) in [6.07, 6.45) is 2.47. The molecule has 0 radical (unpaired) electrons. The van der Waals surface area contributed by atoms with Crippen LogP contribution in [0.25, 0.3) is 0 Å². The maximum atomic E-state index is 12.3. The Morgan fingerprint density at radius 1 is 1.29 bits per heavy atom. The van der Waals surface area contributed by atoms with Crippen molar-refractivity contribution in [1.82, 2.24) is 5.32 Å². The van der Waals surface area contributed by atoms with Gasteiger partial charge in [-0.25, -0.2) is 0 Å². The van der Waals surface area contributed by atoms with E-state index in [0.29, 0.717) is 6.42 Å². The summed E-state index contributed by atoms with van der Waals surface area (Å²) in [6.45, 7) is 8.19. The predicted molar refractivity (Wildman–Crippen MR) is 86.5 cm³/mol. The van der Waals surface area contributed by atoms with E-state index in [-0.39, 0.29) is 17.4 Å². The zero-order valence-electron chi connectivity index (χ0n) is 13.2. The average molecular weight is 284 g/mol. The second kappa shape index (κ2) is 5.76. The van der Waals surface area contributed by atoms with Crippen LogP contribution < -0.4 is 11.1 Å². The monoisotopic (exact) mass is 284 g/mol. The van der Waals surface area contributed by atoms with Crippen LogP contribution in [0.15, 0.2) is 53.3 Å². The van der Waals surface area contributed by atoms with Crippen LogP contribution in [0.1, 0.15) is 33.3 Å². The molecular formula is C18H24N2O. The number of carbonyl (C=O) groups excluding carboxylic acids is 1. The second-order valence-electron chi connectivity index (χ2n) is 6.14. The molecule has 2 rings (SSSR count). The highest BCUT2D eigenvalue weighted by molar-refractivity contribution is 5.80. The minimum Gasteiger partial charge on any atom is -0.399 e. The third-order valence-electron chi connectivity index (χ3n) is 4.53. The van der Waals surface area contributed by atoms with Crippen molar-refractivity contribution >= 4 is 5.91 Å².